The molecule has 4 rings (SSSR count). The number of hydrazone groups is 1. The average Bonchev–Trinajstić information content (AvgIpc) is 3.58. The number of anilines is 1. The van der Waals surface area contributed by atoms with Gasteiger partial charge >= 0.3 is 0 Å². The number of halogens is 1. The molecule has 1 N–H and O–H groups in total. The van der Waals surface area contributed by atoms with Crippen molar-refractivity contribution in [1.29, 1.82) is 0 Å². The predicted molar refractivity (Wildman–Crippen MR) is 145 cm³/mol. The van der Waals surface area contributed by atoms with Crippen LogP contribution in [0.15, 0.2) is 58.4 Å². The van der Waals surface area contributed by atoms with Gasteiger partial charge in [0, 0.05) is 56.3 Å². The molecule has 6 nitrogen and oxygen atoms in total. The number of thiazole rings is 1. The Labute approximate surface area is 212 Å². The number of fused-ring (bicyclic) bond motifs is 1. The van der Waals surface area contributed by atoms with Crippen LogP contribution >= 0.6 is 11.3 Å². The van der Waals surface area contributed by atoms with Crippen LogP contribution in [0.25, 0.3) is 11.3 Å². The summed E-state index contributed by atoms with van der Waals surface area (Å²) in [4.78, 5) is 9.43. The minimum Gasteiger partial charge on any atom is -0.358 e. The van der Waals surface area contributed by atoms with E-state index in [9.17, 15) is 4.39 Å². The quantitative estimate of drug-likeness (QED) is 0.287. The summed E-state index contributed by atoms with van der Waals surface area (Å²) in [7, 11) is 2.03. The van der Waals surface area contributed by atoms with Crippen molar-refractivity contribution in [2.24, 2.45) is 16.9 Å². The lowest BCUT2D eigenvalue weighted by Crippen LogP contribution is -2.36. The maximum atomic E-state index is 13.4. The number of rotatable bonds is 8. The van der Waals surface area contributed by atoms with E-state index in [0.29, 0.717) is 11.8 Å². The molecule has 35 heavy (non-hydrogen) atoms. The fourth-order valence-electron chi connectivity index (χ4n) is 4.88. The number of nitrogens with zero attached hydrogens (tertiary/aromatic N) is 5. The van der Waals surface area contributed by atoms with E-state index in [1.54, 1.807) is 23.5 Å². The monoisotopic (exact) mass is 496 g/mol. The molecular weight excluding hydrogens is 459 g/mol. The fourth-order valence-corrected chi connectivity index (χ4v) is 5.68. The van der Waals surface area contributed by atoms with E-state index in [0.717, 1.165) is 72.8 Å². The Morgan fingerprint density at radius 2 is 1.83 bits per heavy atom. The molecule has 2 unspecified atom stereocenters. The SMILES string of the molecule is C=C(C)N(/N=C(\CC)N1CC2CNCC2C1)/C(=C(\C)CC)N(C)c1nc(-c2ccc(F)cc2)cs1. The van der Waals surface area contributed by atoms with Crippen LogP contribution in [0.2, 0.25) is 0 Å². The molecular formula is C27H37FN6S. The Kier molecular flexibility index (Phi) is 7.91. The molecule has 2 aromatic rings. The zero-order valence-corrected chi connectivity index (χ0v) is 22.3. The molecule has 0 saturated carbocycles. The summed E-state index contributed by atoms with van der Waals surface area (Å²) in [5.41, 5.74) is 3.80. The lowest BCUT2D eigenvalue weighted by atomic mass is 10.0. The van der Waals surface area contributed by atoms with Gasteiger partial charge in [0.15, 0.2) is 5.13 Å². The third kappa shape index (κ3) is 5.43. The molecule has 0 aliphatic carbocycles. The highest BCUT2D eigenvalue weighted by molar-refractivity contribution is 7.14. The molecule has 2 aliphatic rings. The zero-order chi connectivity index (χ0) is 25.1. The molecule has 2 saturated heterocycles. The topological polar surface area (TPSA) is 47.0 Å². The minimum absolute atomic E-state index is 0.246. The average molecular weight is 497 g/mol. The Morgan fingerprint density at radius 3 is 2.40 bits per heavy atom. The van der Waals surface area contributed by atoms with Crippen LogP contribution in [0.5, 0.6) is 0 Å². The summed E-state index contributed by atoms with van der Waals surface area (Å²) in [5.74, 6) is 3.25. The molecule has 0 bridgehead atoms. The molecule has 2 atom stereocenters. The fraction of sp³-hybridized carbons (Fsp3) is 0.481. The van der Waals surface area contributed by atoms with Crippen LogP contribution in [-0.2, 0) is 0 Å². The number of likely N-dealkylation sites (tertiary alicyclic amines) is 1. The van der Waals surface area contributed by atoms with Gasteiger partial charge in [-0.3, -0.25) is 0 Å². The number of hydrogen-bond acceptors (Lipinski definition) is 6. The molecule has 8 heteroatoms. The second-order valence-corrected chi connectivity index (χ2v) is 10.4. The molecule has 0 spiro atoms. The first kappa shape index (κ1) is 25.4. The zero-order valence-electron chi connectivity index (χ0n) is 21.5. The lowest BCUT2D eigenvalue weighted by molar-refractivity contribution is 0.400. The molecule has 1 aromatic heterocycles. The largest absolute Gasteiger partial charge is 0.358 e. The molecule has 2 fully saturated rings. The number of allylic oxidation sites excluding steroid dienone is 2. The van der Waals surface area contributed by atoms with Crippen molar-refractivity contribution in [2.75, 3.05) is 38.1 Å². The number of amidine groups is 1. The summed E-state index contributed by atoms with van der Waals surface area (Å²) in [6.45, 7) is 17.1. The highest BCUT2D eigenvalue weighted by atomic mass is 32.1. The summed E-state index contributed by atoms with van der Waals surface area (Å²) in [6, 6.07) is 6.47. The molecule has 2 aliphatic heterocycles. The highest BCUT2D eigenvalue weighted by Crippen LogP contribution is 2.33. The minimum atomic E-state index is -0.246. The van der Waals surface area contributed by atoms with Crippen molar-refractivity contribution >= 4 is 22.3 Å². The third-order valence-corrected chi connectivity index (χ3v) is 7.91. The van der Waals surface area contributed by atoms with Gasteiger partial charge in [-0.05, 0) is 61.9 Å². The smallest absolute Gasteiger partial charge is 0.191 e. The Hall–Kier alpha value is -2.71. The van der Waals surface area contributed by atoms with Crippen molar-refractivity contribution in [2.45, 2.75) is 40.5 Å². The van der Waals surface area contributed by atoms with E-state index < -0.39 is 0 Å². The maximum Gasteiger partial charge on any atom is 0.191 e. The van der Waals surface area contributed by atoms with Crippen molar-refractivity contribution in [1.82, 2.24) is 20.2 Å². The molecule has 188 valence electrons. The second kappa shape index (κ2) is 10.9. The van der Waals surface area contributed by atoms with Gasteiger partial charge in [0.2, 0.25) is 0 Å². The lowest BCUT2D eigenvalue weighted by Gasteiger charge is -2.32. The molecule has 0 radical (unpaired) electrons. The van der Waals surface area contributed by atoms with E-state index in [1.165, 1.54) is 17.7 Å². The van der Waals surface area contributed by atoms with Crippen LogP contribution in [0.1, 0.15) is 40.5 Å². The number of nitrogens with one attached hydrogen (secondary N) is 1. The predicted octanol–water partition coefficient (Wildman–Crippen LogP) is 5.74. The van der Waals surface area contributed by atoms with Gasteiger partial charge in [-0.25, -0.2) is 14.4 Å². The van der Waals surface area contributed by atoms with Crippen LogP contribution in [0.4, 0.5) is 9.52 Å². The van der Waals surface area contributed by atoms with E-state index in [1.807, 2.05) is 24.4 Å². The number of benzene rings is 1. The Balaban J connectivity index is 1.64. The number of hydrogen-bond donors (Lipinski definition) is 1. The second-order valence-electron chi connectivity index (χ2n) is 9.54. The summed E-state index contributed by atoms with van der Waals surface area (Å²) < 4.78 is 13.4. The molecule has 0 amide bonds. The normalized spacial score (nSPS) is 20.6. The van der Waals surface area contributed by atoms with Crippen LogP contribution in [0.3, 0.4) is 0 Å². The number of aromatic nitrogens is 1. The van der Waals surface area contributed by atoms with Crippen molar-refractivity contribution < 1.29 is 4.39 Å². The van der Waals surface area contributed by atoms with Gasteiger partial charge in [-0.15, -0.1) is 11.3 Å². The van der Waals surface area contributed by atoms with Crippen LogP contribution in [-0.4, -0.2) is 54.0 Å². The van der Waals surface area contributed by atoms with E-state index >= 15 is 0 Å². The first-order chi connectivity index (χ1) is 16.8. The summed E-state index contributed by atoms with van der Waals surface area (Å²) >= 11 is 1.57. The first-order valence-corrected chi connectivity index (χ1v) is 13.3. The molecule has 1 aromatic carbocycles. The van der Waals surface area contributed by atoms with E-state index in [-0.39, 0.29) is 5.82 Å². The van der Waals surface area contributed by atoms with Crippen molar-refractivity contribution in [3.63, 3.8) is 0 Å². The summed E-state index contributed by atoms with van der Waals surface area (Å²) in [6.07, 6.45) is 1.75. The van der Waals surface area contributed by atoms with Gasteiger partial charge in [-0.2, -0.15) is 5.10 Å². The highest BCUT2D eigenvalue weighted by Gasteiger charge is 2.37. The maximum absolute atomic E-state index is 13.4. The van der Waals surface area contributed by atoms with Gasteiger partial charge in [-0.1, -0.05) is 20.4 Å². The van der Waals surface area contributed by atoms with E-state index in [2.05, 4.69) is 42.5 Å². The van der Waals surface area contributed by atoms with Gasteiger partial charge in [0.25, 0.3) is 0 Å². The summed E-state index contributed by atoms with van der Waals surface area (Å²) in [5, 5.41) is 13.6. The standard InChI is InChI=1S/C27H37FN6S/c1-7-19(5)26(32(6)27-30-24(17-35-27)20-9-11-23(28)12-10-20)34(18(3)4)31-25(8-2)33-15-21-13-29-14-22(21)16-33/h9-12,17,21-22,29H,3,7-8,13-16H2,1-2,4-6H3/b26-19+,31-25+. The van der Waals surface area contributed by atoms with Crippen molar-refractivity contribution in [3.8, 4) is 11.3 Å². The van der Waals surface area contributed by atoms with Gasteiger partial charge < -0.3 is 15.1 Å². The first-order valence-electron chi connectivity index (χ1n) is 12.5. The van der Waals surface area contributed by atoms with Gasteiger partial charge in [0.05, 0.1) is 5.69 Å². The van der Waals surface area contributed by atoms with Crippen LogP contribution in [0, 0.1) is 17.7 Å². The van der Waals surface area contributed by atoms with Gasteiger partial charge in [0.1, 0.15) is 17.5 Å². The van der Waals surface area contributed by atoms with E-state index in [4.69, 9.17) is 10.1 Å². The van der Waals surface area contributed by atoms with Crippen LogP contribution < -0.4 is 10.2 Å². The molecule has 3 heterocycles. The van der Waals surface area contributed by atoms with Crippen molar-refractivity contribution in [3.05, 3.63) is 59.1 Å². The Bertz CT molecular complexity index is 1090. The Morgan fingerprint density at radius 1 is 1.17 bits per heavy atom. The third-order valence-electron chi connectivity index (χ3n) is 7.00.